The number of hydrogen-bond donors (Lipinski definition) is 1. The van der Waals surface area contributed by atoms with E-state index in [1.165, 1.54) is 5.56 Å². The van der Waals surface area contributed by atoms with Crippen LogP contribution in [0.25, 0.3) is 0 Å². The van der Waals surface area contributed by atoms with Crippen LogP contribution in [0.3, 0.4) is 0 Å². The summed E-state index contributed by atoms with van der Waals surface area (Å²) in [5, 5.41) is 3.05. The number of carbonyl (C=O) groups excluding carboxylic acids is 1. The highest BCUT2D eigenvalue weighted by molar-refractivity contribution is 5.74. The predicted molar refractivity (Wildman–Crippen MR) is 97.5 cm³/mol. The van der Waals surface area contributed by atoms with Crippen molar-refractivity contribution in [3.05, 3.63) is 30.1 Å². The Bertz CT molecular complexity index is 525. The van der Waals surface area contributed by atoms with E-state index in [0.29, 0.717) is 18.5 Å². The Balaban J connectivity index is 1.37. The fourth-order valence-electron chi connectivity index (χ4n) is 3.84. The molecule has 2 aliphatic heterocycles. The number of aromatic nitrogens is 1. The van der Waals surface area contributed by atoms with E-state index in [9.17, 15) is 4.79 Å². The molecular weight excluding hydrogens is 316 g/mol. The zero-order chi connectivity index (χ0) is 17.5. The van der Waals surface area contributed by atoms with Gasteiger partial charge in [0.1, 0.15) is 0 Å². The van der Waals surface area contributed by atoms with E-state index in [1.54, 1.807) is 12.4 Å². The normalized spacial score (nSPS) is 21.1. The number of nitrogens with one attached hydrogen (secondary N) is 1. The highest BCUT2D eigenvalue weighted by Crippen LogP contribution is 2.24. The molecule has 1 aromatic heterocycles. The first-order valence-corrected chi connectivity index (χ1v) is 9.47. The molecule has 3 heterocycles. The molecule has 0 bridgehead atoms. The van der Waals surface area contributed by atoms with Gasteiger partial charge in [-0.05, 0) is 49.8 Å². The molecule has 0 aliphatic carbocycles. The van der Waals surface area contributed by atoms with Gasteiger partial charge < -0.3 is 15.0 Å². The lowest BCUT2D eigenvalue weighted by molar-refractivity contribution is 0.000258. The number of morpholine rings is 1. The highest BCUT2D eigenvalue weighted by Gasteiger charge is 2.29. The van der Waals surface area contributed by atoms with Crippen molar-refractivity contribution in [3.63, 3.8) is 0 Å². The molecule has 0 radical (unpaired) electrons. The molecule has 2 amide bonds. The monoisotopic (exact) mass is 346 g/mol. The number of hydrogen-bond acceptors (Lipinski definition) is 4. The van der Waals surface area contributed by atoms with Gasteiger partial charge in [-0.3, -0.25) is 9.88 Å². The van der Waals surface area contributed by atoms with Crippen LogP contribution in [0.5, 0.6) is 0 Å². The second-order valence-corrected chi connectivity index (χ2v) is 7.05. The summed E-state index contributed by atoms with van der Waals surface area (Å²) in [5.74, 6) is 0.680. The number of nitrogens with zero attached hydrogens (tertiary/aromatic N) is 3. The van der Waals surface area contributed by atoms with Crippen LogP contribution in [0.15, 0.2) is 24.5 Å². The van der Waals surface area contributed by atoms with Crippen LogP contribution in [0.1, 0.15) is 25.3 Å². The molecule has 0 saturated carbocycles. The van der Waals surface area contributed by atoms with E-state index in [1.807, 2.05) is 17.0 Å². The maximum Gasteiger partial charge on any atom is 0.317 e. The summed E-state index contributed by atoms with van der Waals surface area (Å²) in [7, 11) is 0. The van der Waals surface area contributed by atoms with Crippen LogP contribution < -0.4 is 5.32 Å². The first kappa shape index (κ1) is 18.1. The Morgan fingerprint density at radius 3 is 2.60 bits per heavy atom. The third-order valence-electron chi connectivity index (χ3n) is 5.57. The molecule has 25 heavy (non-hydrogen) atoms. The van der Waals surface area contributed by atoms with E-state index < -0.39 is 0 Å². The molecule has 6 nitrogen and oxygen atoms in total. The van der Waals surface area contributed by atoms with Gasteiger partial charge in [0, 0.05) is 51.2 Å². The highest BCUT2D eigenvalue weighted by atomic mass is 16.5. The Kier molecular flexibility index (Phi) is 6.64. The maximum absolute atomic E-state index is 12.3. The minimum Gasteiger partial charge on any atom is -0.379 e. The fourth-order valence-corrected chi connectivity index (χ4v) is 3.84. The summed E-state index contributed by atoms with van der Waals surface area (Å²) in [5.41, 5.74) is 1.20. The number of likely N-dealkylation sites (tertiary alicyclic amines) is 1. The quantitative estimate of drug-likeness (QED) is 0.883. The Hall–Kier alpha value is -1.66. The summed E-state index contributed by atoms with van der Waals surface area (Å²) in [6.07, 6.45) is 6.61. The Morgan fingerprint density at radius 2 is 1.92 bits per heavy atom. The van der Waals surface area contributed by atoms with Crippen molar-refractivity contribution in [2.45, 2.75) is 32.2 Å². The Morgan fingerprint density at radius 1 is 1.24 bits per heavy atom. The van der Waals surface area contributed by atoms with Crippen LogP contribution >= 0.6 is 0 Å². The molecule has 0 spiro atoms. The van der Waals surface area contributed by atoms with Gasteiger partial charge in [-0.25, -0.2) is 4.79 Å². The van der Waals surface area contributed by atoms with Gasteiger partial charge in [0.15, 0.2) is 0 Å². The molecule has 138 valence electrons. The summed E-state index contributed by atoms with van der Waals surface area (Å²) in [6, 6.07) is 4.64. The molecule has 2 saturated heterocycles. The fraction of sp³-hybridized carbons (Fsp3) is 0.684. The zero-order valence-electron chi connectivity index (χ0n) is 15.2. The van der Waals surface area contributed by atoms with Crippen LogP contribution in [0.2, 0.25) is 0 Å². The van der Waals surface area contributed by atoms with Gasteiger partial charge in [-0.15, -0.1) is 0 Å². The van der Waals surface area contributed by atoms with Crippen molar-refractivity contribution < 1.29 is 9.53 Å². The minimum atomic E-state index is 0.0755. The zero-order valence-corrected chi connectivity index (χ0v) is 15.2. The molecule has 2 fully saturated rings. The molecule has 6 heteroatoms. The van der Waals surface area contributed by atoms with Crippen LogP contribution in [0.4, 0.5) is 4.79 Å². The number of amides is 2. The summed E-state index contributed by atoms with van der Waals surface area (Å²) in [6.45, 7) is 8.51. The first-order chi connectivity index (χ1) is 12.2. The van der Waals surface area contributed by atoms with Gasteiger partial charge >= 0.3 is 6.03 Å². The second kappa shape index (κ2) is 9.15. The van der Waals surface area contributed by atoms with E-state index in [2.05, 4.69) is 22.1 Å². The van der Waals surface area contributed by atoms with Crippen molar-refractivity contribution in [3.8, 4) is 0 Å². The maximum atomic E-state index is 12.3. The minimum absolute atomic E-state index is 0.0755. The molecule has 0 aromatic carbocycles. The molecule has 1 atom stereocenters. The van der Waals surface area contributed by atoms with Crippen molar-refractivity contribution >= 4 is 6.03 Å². The molecular formula is C19H30N4O2. The topological polar surface area (TPSA) is 57.7 Å². The third-order valence-corrected chi connectivity index (χ3v) is 5.57. The van der Waals surface area contributed by atoms with Crippen molar-refractivity contribution in [2.75, 3.05) is 45.9 Å². The number of ether oxygens (including phenoxy) is 1. The lowest BCUT2D eigenvalue weighted by atomic mass is 9.89. The molecule has 1 N–H and O–H groups in total. The van der Waals surface area contributed by atoms with E-state index in [0.717, 1.165) is 58.7 Å². The first-order valence-electron chi connectivity index (χ1n) is 9.47. The predicted octanol–water partition coefficient (Wildman–Crippen LogP) is 1.77. The Labute approximate surface area is 150 Å². The SMILES string of the molecule is C[C@@H](C1CCN(C(=O)NCCc2ccncc2)CC1)N1CCOCC1. The number of piperidine rings is 1. The van der Waals surface area contributed by atoms with Crippen LogP contribution in [0, 0.1) is 5.92 Å². The number of pyridine rings is 1. The van der Waals surface area contributed by atoms with Crippen molar-refractivity contribution in [1.82, 2.24) is 20.1 Å². The van der Waals surface area contributed by atoms with Gasteiger partial charge in [-0.1, -0.05) is 0 Å². The lowest BCUT2D eigenvalue weighted by Crippen LogP contribution is -2.50. The number of carbonyl (C=O) groups is 1. The summed E-state index contributed by atoms with van der Waals surface area (Å²) < 4.78 is 5.45. The molecule has 0 unspecified atom stereocenters. The van der Waals surface area contributed by atoms with Crippen molar-refractivity contribution in [1.29, 1.82) is 0 Å². The molecule has 1 aromatic rings. The van der Waals surface area contributed by atoms with Crippen LogP contribution in [-0.4, -0.2) is 72.8 Å². The second-order valence-electron chi connectivity index (χ2n) is 7.05. The lowest BCUT2D eigenvalue weighted by Gasteiger charge is -2.41. The smallest absolute Gasteiger partial charge is 0.317 e. The molecule has 2 aliphatic rings. The van der Waals surface area contributed by atoms with Crippen molar-refractivity contribution in [2.24, 2.45) is 5.92 Å². The third kappa shape index (κ3) is 5.16. The van der Waals surface area contributed by atoms with E-state index in [4.69, 9.17) is 4.74 Å². The standard InChI is InChI=1S/C19H30N4O2/c1-16(22-12-14-25-15-13-22)18-5-10-23(11-6-18)19(24)21-9-4-17-2-7-20-8-3-17/h2-3,7-8,16,18H,4-6,9-15H2,1H3,(H,21,24)/t16-/m0/s1. The average molecular weight is 346 g/mol. The van der Waals surface area contributed by atoms with Crippen LogP contribution in [-0.2, 0) is 11.2 Å². The van der Waals surface area contributed by atoms with Gasteiger partial charge in [0.25, 0.3) is 0 Å². The average Bonchev–Trinajstić information content (AvgIpc) is 2.69. The van der Waals surface area contributed by atoms with Gasteiger partial charge in [0.2, 0.25) is 0 Å². The van der Waals surface area contributed by atoms with Gasteiger partial charge in [0.05, 0.1) is 13.2 Å². The summed E-state index contributed by atoms with van der Waals surface area (Å²) >= 11 is 0. The number of rotatable bonds is 5. The largest absolute Gasteiger partial charge is 0.379 e. The summed E-state index contributed by atoms with van der Waals surface area (Å²) in [4.78, 5) is 20.9. The number of urea groups is 1. The molecule has 3 rings (SSSR count). The van der Waals surface area contributed by atoms with E-state index >= 15 is 0 Å². The van der Waals surface area contributed by atoms with E-state index in [-0.39, 0.29) is 6.03 Å². The van der Waals surface area contributed by atoms with Gasteiger partial charge in [-0.2, -0.15) is 0 Å².